The van der Waals surface area contributed by atoms with E-state index in [-0.39, 0.29) is 30.2 Å². The summed E-state index contributed by atoms with van der Waals surface area (Å²) in [5.74, 6) is 0. The molecule has 0 saturated heterocycles. The van der Waals surface area contributed by atoms with Gasteiger partial charge in [0.2, 0.25) is 0 Å². The molecular formula is C46H36Cl6SiZr-2. The minimum absolute atomic E-state index is 0. The molecule has 0 aliphatic heterocycles. The molecule has 0 radical (unpaired) electrons. The number of fused-ring (bicyclic) bond motifs is 2. The van der Waals surface area contributed by atoms with E-state index in [4.69, 9.17) is 46.4 Å². The van der Waals surface area contributed by atoms with E-state index in [1.807, 2.05) is 24.3 Å². The van der Waals surface area contributed by atoms with Crippen LogP contribution in [0.1, 0.15) is 11.1 Å². The molecule has 0 nitrogen and oxygen atoms in total. The van der Waals surface area contributed by atoms with Crippen LogP contribution in [-0.4, -0.2) is 5.43 Å². The molecule has 0 fully saturated rings. The summed E-state index contributed by atoms with van der Waals surface area (Å²) < 4.78 is 0. The van der Waals surface area contributed by atoms with Crippen LogP contribution >= 0.6 is 46.4 Å². The van der Waals surface area contributed by atoms with Crippen LogP contribution in [-0.2, 0) is 23.3 Å². The summed E-state index contributed by atoms with van der Waals surface area (Å²) in [6, 6.07) is 50.1. The number of benzene rings is 6. The van der Waals surface area contributed by atoms with Gasteiger partial charge in [-0.1, -0.05) is 154 Å². The number of aryl methyl sites for hydroxylation is 2. The third kappa shape index (κ3) is 10.8. The zero-order valence-electron chi connectivity index (χ0n) is 30.1. The maximum Gasteiger partial charge on any atom is 0.0499 e. The molecule has 0 bridgehead atoms. The van der Waals surface area contributed by atoms with Crippen molar-refractivity contribution >= 4 is 73.4 Å². The topological polar surface area (TPSA) is 0 Å². The molecule has 0 amide bonds. The van der Waals surface area contributed by atoms with Crippen LogP contribution in [0.2, 0.25) is 33.2 Å². The Morgan fingerprint density at radius 3 is 1.15 bits per heavy atom. The summed E-state index contributed by atoms with van der Waals surface area (Å²) in [5.41, 5.74) is 11.9. The van der Waals surface area contributed by atoms with Crippen LogP contribution in [0, 0.1) is 13.8 Å². The van der Waals surface area contributed by atoms with E-state index < -0.39 is 0 Å². The quantitative estimate of drug-likeness (QED) is 0.122. The number of rotatable bonds is 4. The zero-order valence-corrected chi connectivity index (χ0v) is 38.1. The van der Waals surface area contributed by atoms with Crippen molar-refractivity contribution in [3.8, 4) is 44.5 Å². The van der Waals surface area contributed by atoms with Gasteiger partial charge >= 0.3 is 41.9 Å². The van der Waals surface area contributed by atoms with E-state index in [1.54, 1.807) is 35.5 Å². The van der Waals surface area contributed by atoms with Crippen molar-refractivity contribution < 1.29 is 48.1 Å². The fraction of sp³-hybridized carbons (Fsp3) is 0.0870. The Hall–Kier alpha value is -2.62. The maximum atomic E-state index is 6.34. The van der Waals surface area contributed by atoms with Gasteiger partial charge < -0.3 is 24.8 Å². The first-order valence-corrected chi connectivity index (χ1v) is 24.6. The Kier molecular flexibility index (Phi) is 16.3. The van der Waals surface area contributed by atoms with Gasteiger partial charge in [-0.05, 0) is 49.2 Å². The van der Waals surface area contributed by atoms with Crippen molar-refractivity contribution in [2.75, 3.05) is 0 Å². The normalized spacial score (nSPS) is 10.4. The molecule has 0 aromatic heterocycles. The van der Waals surface area contributed by atoms with E-state index in [1.165, 1.54) is 54.9 Å². The SMILES string of the molecule is C[Si](C)=[Zr+2].Cc1cc(-c2ccc(Cl)cc2Cl)ccc1-c1cc2ccccc2[cH-]1.Cc1cc(-c2ccc(Cl)cc2Cl)ccc1-c1cc2ccccc2[cH-]1.[Cl-].[Cl-]. The van der Waals surface area contributed by atoms with Gasteiger partial charge in [-0.2, -0.15) is 0 Å². The van der Waals surface area contributed by atoms with Crippen LogP contribution in [0.15, 0.2) is 146 Å². The van der Waals surface area contributed by atoms with Crippen LogP contribution in [0.25, 0.3) is 66.1 Å². The average Bonchev–Trinajstić information content (AvgIpc) is 3.73. The Morgan fingerprint density at radius 1 is 0.463 bits per heavy atom. The van der Waals surface area contributed by atoms with E-state index in [2.05, 4.69) is 136 Å². The van der Waals surface area contributed by atoms with Crippen molar-refractivity contribution in [3.05, 3.63) is 177 Å². The molecule has 0 N–H and O–H groups in total. The second-order valence-electron chi connectivity index (χ2n) is 13.1. The number of hydrogen-bond acceptors (Lipinski definition) is 0. The molecule has 272 valence electrons. The van der Waals surface area contributed by atoms with Crippen LogP contribution in [0.3, 0.4) is 0 Å². The summed E-state index contributed by atoms with van der Waals surface area (Å²) in [7, 11) is 0. The van der Waals surface area contributed by atoms with Gasteiger partial charge in [0.25, 0.3) is 0 Å². The Morgan fingerprint density at radius 2 is 0.815 bits per heavy atom. The van der Waals surface area contributed by atoms with Gasteiger partial charge in [0.1, 0.15) is 0 Å². The molecule has 0 unspecified atom stereocenters. The molecule has 0 aliphatic rings. The van der Waals surface area contributed by atoms with Gasteiger partial charge in [0.05, 0.1) is 0 Å². The van der Waals surface area contributed by atoms with E-state index >= 15 is 0 Å². The molecule has 8 aromatic rings. The predicted molar refractivity (Wildman–Crippen MR) is 228 cm³/mol. The molecule has 0 spiro atoms. The summed E-state index contributed by atoms with van der Waals surface area (Å²) in [4.78, 5) is 0. The first kappa shape index (κ1) is 44.1. The Bertz CT molecular complexity index is 2310. The second kappa shape index (κ2) is 20.0. The molecule has 0 aliphatic carbocycles. The van der Waals surface area contributed by atoms with Gasteiger partial charge in [-0.15, -0.1) is 69.1 Å². The Labute approximate surface area is 366 Å². The minimum atomic E-state index is 0. The van der Waals surface area contributed by atoms with Crippen LogP contribution < -0.4 is 24.8 Å². The number of halogens is 6. The minimum Gasteiger partial charge on any atom is -1.00 e. The summed E-state index contributed by atoms with van der Waals surface area (Å²) in [6.07, 6.45) is 0. The molecular weight excluding hydrogens is 885 g/mol. The van der Waals surface area contributed by atoms with Crippen LogP contribution in [0.5, 0.6) is 0 Å². The third-order valence-corrected chi connectivity index (χ3v) is 9.89. The van der Waals surface area contributed by atoms with Gasteiger partial charge in [-0.3, -0.25) is 0 Å². The Balaban J connectivity index is 0.000000212. The standard InChI is InChI=1S/2C22H15Cl2.C2H6Si.2ClH.Zr/c2*1-14-10-17(21-9-7-19(23)13-22(21)24)6-8-20(14)18-11-15-4-2-3-5-16(15)12-18;1-3-2;;;/h2*2-13H,1H3;1-2H3;2*1H;/q2*-1;;;;+2/p-2. The third-order valence-electron chi connectivity index (χ3n) is 8.80. The predicted octanol–water partition coefficient (Wildman–Crippen LogP) is 9.81. The molecule has 8 heteroatoms. The van der Waals surface area contributed by atoms with Gasteiger partial charge in [0, 0.05) is 31.2 Å². The summed E-state index contributed by atoms with van der Waals surface area (Å²) in [6.45, 7) is 8.90. The second-order valence-corrected chi connectivity index (χ2v) is 24.1. The van der Waals surface area contributed by atoms with Gasteiger partial charge in [-0.25, -0.2) is 0 Å². The zero-order chi connectivity index (χ0) is 36.9. The van der Waals surface area contributed by atoms with Crippen molar-refractivity contribution in [2.24, 2.45) is 0 Å². The summed E-state index contributed by atoms with van der Waals surface area (Å²) in [5, 5.41) is 7.76. The fourth-order valence-corrected chi connectivity index (χ4v) is 7.40. The van der Waals surface area contributed by atoms with E-state index in [0.717, 1.165) is 22.3 Å². The molecule has 8 aromatic carbocycles. The smallest absolute Gasteiger partial charge is 0.0499 e. The first-order valence-electron chi connectivity index (χ1n) is 16.9. The molecule has 0 saturated carbocycles. The molecule has 8 rings (SSSR count). The van der Waals surface area contributed by atoms with Crippen molar-refractivity contribution in [1.82, 2.24) is 0 Å². The summed E-state index contributed by atoms with van der Waals surface area (Å²) >= 11 is 26.4. The molecule has 0 atom stereocenters. The number of hydrogen-bond donors (Lipinski definition) is 0. The largest absolute Gasteiger partial charge is 1.00 e. The first-order chi connectivity index (χ1) is 25.0. The fourth-order valence-electron chi connectivity index (χ4n) is 6.37. The van der Waals surface area contributed by atoms with Crippen molar-refractivity contribution in [3.63, 3.8) is 0 Å². The average molecular weight is 921 g/mol. The van der Waals surface area contributed by atoms with E-state index in [0.29, 0.717) is 20.1 Å². The monoisotopic (exact) mass is 916 g/mol. The van der Waals surface area contributed by atoms with Crippen LogP contribution in [0.4, 0.5) is 0 Å². The van der Waals surface area contributed by atoms with E-state index in [9.17, 15) is 0 Å². The van der Waals surface area contributed by atoms with Crippen molar-refractivity contribution in [1.29, 1.82) is 0 Å². The molecule has 0 heterocycles. The van der Waals surface area contributed by atoms with Gasteiger partial charge in [0.15, 0.2) is 0 Å². The van der Waals surface area contributed by atoms with Crippen molar-refractivity contribution in [2.45, 2.75) is 26.9 Å². The molecule has 54 heavy (non-hydrogen) atoms. The maximum absolute atomic E-state index is 6.34.